The van der Waals surface area contributed by atoms with Crippen LogP contribution in [0.3, 0.4) is 0 Å². The SMILES string of the molecule is CCCc1c(NN)ncnc1NCC1CCCS1. The number of rotatable bonds is 6. The molecule has 0 radical (unpaired) electrons. The van der Waals surface area contributed by atoms with Gasteiger partial charge in [0.25, 0.3) is 0 Å². The molecule has 18 heavy (non-hydrogen) atoms. The molecule has 1 saturated heterocycles. The predicted octanol–water partition coefficient (Wildman–Crippen LogP) is 2.02. The predicted molar refractivity (Wildman–Crippen MR) is 77.8 cm³/mol. The van der Waals surface area contributed by atoms with Crippen molar-refractivity contribution in [1.29, 1.82) is 0 Å². The smallest absolute Gasteiger partial charge is 0.148 e. The first kappa shape index (κ1) is 13.4. The van der Waals surface area contributed by atoms with Gasteiger partial charge in [-0.25, -0.2) is 15.8 Å². The molecular weight excluding hydrogens is 246 g/mol. The van der Waals surface area contributed by atoms with E-state index in [2.05, 4.69) is 27.6 Å². The molecule has 1 aromatic rings. The number of nitrogens with two attached hydrogens (primary N) is 1. The van der Waals surface area contributed by atoms with Crippen LogP contribution in [0.15, 0.2) is 6.33 Å². The normalized spacial score (nSPS) is 18.9. The Morgan fingerprint density at radius 1 is 1.44 bits per heavy atom. The fourth-order valence-corrected chi connectivity index (χ4v) is 3.39. The van der Waals surface area contributed by atoms with Crippen LogP contribution in [0.4, 0.5) is 11.6 Å². The number of hydrogen-bond donors (Lipinski definition) is 3. The maximum atomic E-state index is 5.50. The van der Waals surface area contributed by atoms with Gasteiger partial charge in [0.05, 0.1) is 0 Å². The second-order valence-corrected chi connectivity index (χ2v) is 5.87. The van der Waals surface area contributed by atoms with Crippen LogP contribution in [-0.4, -0.2) is 27.5 Å². The number of nitrogens with zero attached hydrogens (tertiary/aromatic N) is 2. The average molecular weight is 267 g/mol. The Morgan fingerprint density at radius 2 is 2.28 bits per heavy atom. The number of anilines is 2. The maximum Gasteiger partial charge on any atom is 0.148 e. The van der Waals surface area contributed by atoms with E-state index in [0.29, 0.717) is 5.25 Å². The Labute approximate surface area is 112 Å². The number of hydrazine groups is 1. The van der Waals surface area contributed by atoms with Gasteiger partial charge in [-0.3, -0.25) is 0 Å². The first-order valence-electron chi connectivity index (χ1n) is 6.51. The molecule has 1 fully saturated rings. The van der Waals surface area contributed by atoms with E-state index in [9.17, 15) is 0 Å². The summed E-state index contributed by atoms with van der Waals surface area (Å²) in [5.41, 5.74) is 3.74. The van der Waals surface area contributed by atoms with Gasteiger partial charge in [-0.1, -0.05) is 13.3 Å². The van der Waals surface area contributed by atoms with Gasteiger partial charge >= 0.3 is 0 Å². The molecule has 6 heteroatoms. The summed E-state index contributed by atoms with van der Waals surface area (Å²) >= 11 is 2.04. The minimum atomic E-state index is 0.712. The molecule has 0 saturated carbocycles. The zero-order chi connectivity index (χ0) is 12.8. The van der Waals surface area contributed by atoms with E-state index in [-0.39, 0.29) is 0 Å². The van der Waals surface area contributed by atoms with Crippen LogP contribution in [0, 0.1) is 0 Å². The fraction of sp³-hybridized carbons (Fsp3) is 0.667. The molecule has 1 atom stereocenters. The van der Waals surface area contributed by atoms with Gasteiger partial charge in [-0.2, -0.15) is 11.8 Å². The summed E-state index contributed by atoms with van der Waals surface area (Å²) in [5.74, 6) is 8.43. The molecule has 1 unspecified atom stereocenters. The Kier molecular flexibility index (Phi) is 5.07. The van der Waals surface area contributed by atoms with Crippen molar-refractivity contribution < 1.29 is 0 Å². The topological polar surface area (TPSA) is 75.9 Å². The third-order valence-electron chi connectivity index (χ3n) is 3.10. The molecule has 0 bridgehead atoms. The molecule has 1 aliphatic rings. The van der Waals surface area contributed by atoms with Crippen LogP contribution in [-0.2, 0) is 6.42 Å². The molecule has 2 heterocycles. The lowest BCUT2D eigenvalue weighted by Crippen LogP contribution is -2.18. The Morgan fingerprint density at radius 3 is 2.94 bits per heavy atom. The van der Waals surface area contributed by atoms with Crippen LogP contribution < -0.4 is 16.6 Å². The molecule has 0 spiro atoms. The maximum absolute atomic E-state index is 5.50. The fourth-order valence-electron chi connectivity index (χ4n) is 2.19. The highest BCUT2D eigenvalue weighted by molar-refractivity contribution is 8.00. The summed E-state index contributed by atoms with van der Waals surface area (Å²) in [7, 11) is 0. The lowest BCUT2D eigenvalue weighted by Gasteiger charge is -2.15. The summed E-state index contributed by atoms with van der Waals surface area (Å²) in [6, 6.07) is 0. The zero-order valence-corrected chi connectivity index (χ0v) is 11.6. The van der Waals surface area contributed by atoms with Crippen LogP contribution in [0.1, 0.15) is 31.7 Å². The molecule has 5 nitrogen and oxygen atoms in total. The number of nitrogens with one attached hydrogen (secondary N) is 2. The standard InChI is InChI=1S/C12H21N5S/c1-2-4-10-11(15-8-16-12(10)17-13)14-7-9-5-3-6-18-9/h8-9H,2-7,13H2,1H3,(H2,14,15,16,17). The van der Waals surface area contributed by atoms with Crippen LogP contribution in [0.5, 0.6) is 0 Å². The summed E-state index contributed by atoms with van der Waals surface area (Å²) < 4.78 is 0. The van der Waals surface area contributed by atoms with Crippen LogP contribution in [0.2, 0.25) is 0 Å². The van der Waals surface area contributed by atoms with Crippen molar-refractivity contribution in [3.05, 3.63) is 11.9 Å². The van der Waals surface area contributed by atoms with E-state index in [4.69, 9.17) is 5.84 Å². The molecule has 4 N–H and O–H groups in total. The molecular formula is C12H21N5S. The van der Waals surface area contributed by atoms with E-state index in [1.807, 2.05) is 11.8 Å². The van der Waals surface area contributed by atoms with Crippen LogP contribution in [0.25, 0.3) is 0 Å². The van der Waals surface area contributed by atoms with Crippen molar-refractivity contribution in [3.8, 4) is 0 Å². The molecule has 0 amide bonds. The monoisotopic (exact) mass is 267 g/mol. The molecule has 100 valence electrons. The van der Waals surface area contributed by atoms with Crippen LogP contribution >= 0.6 is 11.8 Å². The van der Waals surface area contributed by atoms with Gasteiger partial charge < -0.3 is 10.7 Å². The van der Waals surface area contributed by atoms with E-state index in [1.54, 1.807) is 6.33 Å². The lowest BCUT2D eigenvalue weighted by atomic mass is 10.1. The number of nitrogen functional groups attached to an aromatic ring is 1. The molecule has 0 aromatic carbocycles. The van der Waals surface area contributed by atoms with Crippen molar-refractivity contribution in [3.63, 3.8) is 0 Å². The first-order valence-corrected chi connectivity index (χ1v) is 7.56. The highest BCUT2D eigenvalue weighted by Gasteiger charge is 2.16. The Bertz CT molecular complexity index is 379. The third kappa shape index (κ3) is 3.26. The van der Waals surface area contributed by atoms with Crippen molar-refractivity contribution in [2.75, 3.05) is 23.0 Å². The summed E-state index contributed by atoms with van der Waals surface area (Å²) in [6.45, 7) is 3.12. The van der Waals surface area contributed by atoms with Gasteiger partial charge in [0, 0.05) is 17.4 Å². The minimum absolute atomic E-state index is 0.712. The van der Waals surface area contributed by atoms with Gasteiger partial charge in [-0.05, 0) is 25.0 Å². The summed E-state index contributed by atoms with van der Waals surface area (Å²) in [5, 5.41) is 4.16. The number of hydrogen-bond acceptors (Lipinski definition) is 6. The van der Waals surface area contributed by atoms with Gasteiger partial charge in [0.1, 0.15) is 18.0 Å². The summed E-state index contributed by atoms with van der Waals surface area (Å²) in [6.07, 6.45) is 6.17. The van der Waals surface area contributed by atoms with Crippen molar-refractivity contribution in [1.82, 2.24) is 9.97 Å². The Hall–Kier alpha value is -1.01. The number of thioether (sulfide) groups is 1. The van der Waals surface area contributed by atoms with Gasteiger partial charge in [-0.15, -0.1) is 0 Å². The van der Waals surface area contributed by atoms with E-state index >= 15 is 0 Å². The zero-order valence-electron chi connectivity index (χ0n) is 10.8. The average Bonchev–Trinajstić information content (AvgIpc) is 2.91. The summed E-state index contributed by atoms with van der Waals surface area (Å²) in [4.78, 5) is 8.50. The van der Waals surface area contributed by atoms with E-state index < -0.39 is 0 Å². The second kappa shape index (κ2) is 6.80. The molecule has 1 aliphatic heterocycles. The molecule has 1 aromatic heterocycles. The molecule has 2 rings (SSSR count). The van der Waals surface area contributed by atoms with Gasteiger partial charge in [0.15, 0.2) is 0 Å². The quantitative estimate of drug-likeness (QED) is 0.541. The number of aromatic nitrogens is 2. The van der Waals surface area contributed by atoms with E-state index in [0.717, 1.165) is 36.6 Å². The Balaban J connectivity index is 2.05. The highest BCUT2D eigenvalue weighted by Crippen LogP contribution is 2.27. The first-order chi connectivity index (χ1) is 8.85. The highest BCUT2D eigenvalue weighted by atomic mass is 32.2. The van der Waals surface area contributed by atoms with Gasteiger partial charge in [0.2, 0.25) is 0 Å². The third-order valence-corrected chi connectivity index (χ3v) is 4.50. The van der Waals surface area contributed by atoms with Crippen molar-refractivity contribution >= 4 is 23.4 Å². The minimum Gasteiger partial charge on any atom is -0.369 e. The van der Waals surface area contributed by atoms with E-state index in [1.165, 1.54) is 18.6 Å². The largest absolute Gasteiger partial charge is 0.369 e. The lowest BCUT2D eigenvalue weighted by molar-refractivity contribution is 0.800. The van der Waals surface area contributed by atoms with Crippen molar-refractivity contribution in [2.24, 2.45) is 5.84 Å². The molecule has 0 aliphatic carbocycles. The van der Waals surface area contributed by atoms with Crippen molar-refractivity contribution in [2.45, 2.75) is 37.9 Å². The second-order valence-electron chi connectivity index (χ2n) is 4.46.